The summed E-state index contributed by atoms with van der Waals surface area (Å²) >= 11 is 0. The third kappa shape index (κ3) is 4.75. The van der Waals surface area contributed by atoms with Gasteiger partial charge in [-0.25, -0.2) is 0 Å². The number of aliphatic hydroxyl groups is 3. The molecule has 7 atom stereocenters. The zero-order valence-corrected chi connectivity index (χ0v) is 20.1. The molecule has 4 aliphatic rings. The van der Waals surface area contributed by atoms with Gasteiger partial charge in [0.25, 0.3) is 0 Å². The van der Waals surface area contributed by atoms with Crippen LogP contribution in [0.2, 0.25) is 0 Å². The fourth-order valence-corrected chi connectivity index (χ4v) is 7.56. The van der Waals surface area contributed by atoms with E-state index in [0.717, 1.165) is 36.3 Å². The lowest BCUT2D eigenvalue weighted by Crippen LogP contribution is -2.39. The molecule has 0 radical (unpaired) electrons. The number of fused-ring (bicyclic) bond motifs is 4. The molecule has 0 heterocycles. The van der Waals surface area contributed by atoms with Crippen molar-refractivity contribution >= 4 is 0 Å². The monoisotopic (exact) mass is 428 g/mol. The highest BCUT2D eigenvalue weighted by molar-refractivity contribution is 5.42. The van der Waals surface area contributed by atoms with Crippen molar-refractivity contribution in [1.82, 2.24) is 0 Å². The Bertz CT molecular complexity index is 755. The van der Waals surface area contributed by atoms with Gasteiger partial charge in [0.15, 0.2) is 0 Å². The summed E-state index contributed by atoms with van der Waals surface area (Å²) in [6, 6.07) is 0. The normalized spacial score (nSPS) is 44.2. The van der Waals surface area contributed by atoms with Crippen LogP contribution in [0.5, 0.6) is 0 Å². The van der Waals surface area contributed by atoms with Crippen molar-refractivity contribution in [2.75, 3.05) is 0 Å². The fourth-order valence-electron chi connectivity index (χ4n) is 7.56. The van der Waals surface area contributed by atoms with E-state index in [1.54, 1.807) is 5.57 Å². The molecule has 0 bridgehead atoms. The minimum atomic E-state index is -0.552. The number of hydrogen-bond acceptors (Lipinski definition) is 3. The minimum Gasteiger partial charge on any atom is -0.393 e. The number of rotatable bonds is 5. The average Bonchev–Trinajstić information content (AvgIpc) is 3.00. The van der Waals surface area contributed by atoms with Gasteiger partial charge in [-0.1, -0.05) is 50.5 Å². The Morgan fingerprint density at radius 3 is 2.68 bits per heavy atom. The van der Waals surface area contributed by atoms with E-state index in [2.05, 4.69) is 32.1 Å². The Balaban J connectivity index is 1.52. The first-order valence-corrected chi connectivity index (χ1v) is 12.8. The van der Waals surface area contributed by atoms with Crippen LogP contribution < -0.4 is 0 Å². The van der Waals surface area contributed by atoms with E-state index in [1.165, 1.54) is 32.1 Å². The molecule has 3 N–H and O–H groups in total. The third-order valence-corrected chi connectivity index (χ3v) is 9.23. The molecular formula is C28H44O3. The van der Waals surface area contributed by atoms with E-state index in [-0.39, 0.29) is 0 Å². The standard InChI is InChI=1S/C28H44O3/c1-18(6-5-14-27(2,3)31)24-11-12-25-22-9-8-20-16-21(29)17-26(30)23(20)10-7-19(22)13-15-28(24,25)4/h8-10,18-19,21,24-26,29-31H,5-7,11-17H2,1-4H3/b20-8-,22-9+,23-10+/t18-,19?,21-,24-,25+,26+,28-/m1/s1. The summed E-state index contributed by atoms with van der Waals surface area (Å²) in [6.45, 7) is 8.85. The molecule has 3 saturated carbocycles. The molecule has 4 aliphatic carbocycles. The minimum absolute atomic E-state index is 0.381. The third-order valence-electron chi connectivity index (χ3n) is 9.23. The lowest BCUT2D eigenvalue weighted by molar-refractivity contribution is 0.0565. The molecule has 0 spiro atoms. The van der Waals surface area contributed by atoms with Crippen molar-refractivity contribution in [3.63, 3.8) is 0 Å². The number of aliphatic hydroxyl groups excluding tert-OH is 2. The van der Waals surface area contributed by atoms with E-state index in [1.807, 2.05) is 13.8 Å². The molecule has 0 saturated heterocycles. The van der Waals surface area contributed by atoms with Crippen LogP contribution in [0.4, 0.5) is 0 Å². The van der Waals surface area contributed by atoms with Crippen molar-refractivity contribution in [3.05, 3.63) is 34.9 Å². The van der Waals surface area contributed by atoms with Crippen molar-refractivity contribution < 1.29 is 15.3 Å². The predicted molar refractivity (Wildman–Crippen MR) is 126 cm³/mol. The Hall–Kier alpha value is -0.900. The van der Waals surface area contributed by atoms with Crippen molar-refractivity contribution in [3.8, 4) is 0 Å². The Kier molecular flexibility index (Phi) is 6.60. The van der Waals surface area contributed by atoms with Crippen LogP contribution >= 0.6 is 0 Å². The molecule has 174 valence electrons. The van der Waals surface area contributed by atoms with Crippen LogP contribution in [0.15, 0.2) is 34.9 Å². The number of hydrogen-bond donors (Lipinski definition) is 3. The zero-order valence-electron chi connectivity index (χ0n) is 20.1. The van der Waals surface area contributed by atoms with Gasteiger partial charge in [0.2, 0.25) is 0 Å². The van der Waals surface area contributed by atoms with Crippen LogP contribution in [0.3, 0.4) is 0 Å². The van der Waals surface area contributed by atoms with Gasteiger partial charge in [0.1, 0.15) is 0 Å². The second kappa shape index (κ2) is 8.80. The molecular weight excluding hydrogens is 384 g/mol. The summed E-state index contributed by atoms with van der Waals surface area (Å²) in [5, 5.41) is 30.7. The number of allylic oxidation sites excluding steroid dienone is 4. The van der Waals surface area contributed by atoms with E-state index < -0.39 is 17.8 Å². The van der Waals surface area contributed by atoms with Gasteiger partial charge in [0.05, 0.1) is 17.8 Å². The molecule has 0 aromatic heterocycles. The van der Waals surface area contributed by atoms with Gasteiger partial charge < -0.3 is 15.3 Å². The zero-order chi connectivity index (χ0) is 22.4. The smallest absolute Gasteiger partial charge is 0.0814 e. The van der Waals surface area contributed by atoms with Crippen LogP contribution in [-0.2, 0) is 0 Å². The summed E-state index contributed by atoms with van der Waals surface area (Å²) in [4.78, 5) is 0. The highest BCUT2D eigenvalue weighted by Gasteiger charge is 2.52. The van der Waals surface area contributed by atoms with Crippen molar-refractivity contribution in [1.29, 1.82) is 0 Å². The maximum absolute atomic E-state index is 10.5. The topological polar surface area (TPSA) is 60.7 Å². The van der Waals surface area contributed by atoms with E-state index in [0.29, 0.717) is 36.0 Å². The summed E-state index contributed by atoms with van der Waals surface area (Å²) in [6.07, 6.45) is 16.5. The first-order valence-electron chi connectivity index (χ1n) is 12.8. The highest BCUT2D eigenvalue weighted by Crippen LogP contribution is 2.61. The molecule has 0 aromatic rings. The maximum Gasteiger partial charge on any atom is 0.0814 e. The van der Waals surface area contributed by atoms with E-state index in [4.69, 9.17) is 0 Å². The first-order chi connectivity index (χ1) is 14.6. The summed E-state index contributed by atoms with van der Waals surface area (Å²) in [5.41, 5.74) is 3.67. The van der Waals surface area contributed by atoms with Gasteiger partial charge in [-0.15, -0.1) is 0 Å². The van der Waals surface area contributed by atoms with Crippen LogP contribution in [0.1, 0.15) is 91.9 Å². The summed E-state index contributed by atoms with van der Waals surface area (Å²) in [7, 11) is 0. The Morgan fingerprint density at radius 2 is 1.94 bits per heavy atom. The van der Waals surface area contributed by atoms with Crippen molar-refractivity contribution in [2.24, 2.45) is 29.1 Å². The lowest BCUT2D eigenvalue weighted by atomic mass is 9.57. The molecule has 3 fully saturated rings. The lowest BCUT2D eigenvalue weighted by Gasteiger charge is -2.47. The van der Waals surface area contributed by atoms with Gasteiger partial charge >= 0.3 is 0 Å². The highest BCUT2D eigenvalue weighted by atomic mass is 16.3. The molecule has 0 aliphatic heterocycles. The van der Waals surface area contributed by atoms with E-state index in [9.17, 15) is 15.3 Å². The molecule has 31 heavy (non-hydrogen) atoms. The fraction of sp³-hybridized carbons (Fsp3) is 0.786. The molecule has 1 unspecified atom stereocenters. The van der Waals surface area contributed by atoms with E-state index >= 15 is 0 Å². The van der Waals surface area contributed by atoms with Gasteiger partial charge in [-0.2, -0.15) is 0 Å². The quantitative estimate of drug-likeness (QED) is 0.526. The Morgan fingerprint density at radius 1 is 1.16 bits per heavy atom. The molecule has 3 heteroatoms. The van der Waals surface area contributed by atoms with Gasteiger partial charge in [-0.05, 0) is 99.0 Å². The average molecular weight is 429 g/mol. The second-order valence-electron chi connectivity index (χ2n) is 12.0. The largest absolute Gasteiger partial charge is 0.393 e. The first kappa shape index (κ1) is 23.3. The van der Waals surface area contributed by atoms with Crippen molar-refractivity contribution in [2.45, 2.75) is 110 Å². The van der Waals surface area contributed by atoms with Crippen LogP contribution in [-0.4, -0.2) is 33.1 Å². The SMILES string of the molecule is C[C@H](CCCC(C)(C)O)[C@H]1CC[C@H]2/C3=C/C=C4/C[C@@H](O)C[C@H](O)/C4=C/CC3CC[C@]12C. The van der Waals surface area contributed by atoms with Gasteiger partial charge in [-0.3, -0.25) is 0 Å². The molecule has 0 amide bonds. The Labute approximate surface area is 189 Å². The predicted octanol–water partition coefficient (Wildman–Crippen LogP) is 5.70. The maximum atomic E-state index is 10.5. The molecule has 4 rings (SSSR count). The van der Waals surface area contributed by atoms with Crippen LogP contribution in [0.25, 0.3) is 0 Å². The second-order valence-corrected chi connectivity index (χ2v) is 12.0. The molecule has 0 aromatic carbocycles. The van der Waals surface area contributed by atoms with Crippen LogP contribution in [0, 0.1) is 29.1 Å². The molecule has 3 nitrogen and oxygen atoms in total. The summed E-state index contributed by atoms with van der Waals surface area (Å²) in [5.74, 6) is 2.74. The van der Waals surface area contributed by atoms with Gasteiger partial charge in [0, 0.05) is 6.42 Å². The summed E-state index contributed by atoms with van der Waals surface area (Å²) < 4.78 is 0.